The molecule has 7 nitrogen and oxygen atoms in total. The van der Waals surface area contributed by atoms with Gasteiger partial charge in [0.05, 0.1) is 23.5 Å². The number of ether oxygens (including phenoxy) is 1. The lowest BCUT2D eigenvalue weighted by Gasteiger charge is -2.17. The molecule has 31 heavy (non-hydrogen) atoms. The molecule has 0 spiro atoms. The quantitative estimate of drug-likeness (QED) is 0.541. The number of rotatable bonds is 5. The number of nitrogens with zero attached hydrogens (tertiary/aromatic N) is 4. The lowest BCUT2D eigenvalue weighted by atomic mass is 10.2. The molecule has 2 aromatic heterocycles. The molecule has 0 saturated carbocycles. The Labute approximate surface area is 179 Å². The summed E-state index contributed by atoms with van der Waals surface area (Å²) in [5, 5.41) is 8.98. The molecule has 4 aromatic rings. The Morgan fingerprint density at radius 1 is 1.03 bits per heavy atom. The Kier molecular flexibility index (Phi) is 5.09. The van der Waals surface area contributed by atoms with Crippen molar-refractivity contribution in [3.8, 4) is 17.2 Å². The van der Waals surface area contributed by atoms with Crippen LogP contribution in [0.3, 0.4) is 0 Å². The van der Waals surface area contributed by atoms with Crippen LogP contribution >= 0.6 is 0 Å². The van der Waals surface area contributed by atoms with Gasteiger partial charge < -0.3 is 15.0 Å². The summed E-state index contributed by atoms with van der Waals surface area (Å²) in [5.74, 6) is 2.32. The first-order chi connectivity index (χ1) is 15.2. The van der Waals surface area contributed by atoms with Crippen molar-refractivity contribution in [3.05, 3.63) is 83.4 Å². The van der Waals surface area contributed by atoms with Crippen molar-refractivity contribution < 1.29 is 4.74 Å². The second-order valence-corrected chi connectivity index (χ2v) is 7.62. The van der Waals surface area contributed by atoms with Crippen molar-refractivity contribution in [3.63, 3.8) is 0 Å². The zero-order valence-electron chi connectivity index (χ0n) is 17.2. The van der Waals surface area contributed by atoms with Gasteiger partial charge in [-0.1, -0.05) is 18.2 Å². The van der Waals surface area contributed by atoms with Gasteiger partial charge in [-0.05, 0) is 55.9 Å². The highest BCUT2D eigenvalue weighted by atomic mass is 16.5. The van der Waals surface area contributed by atoms with Gasteiger partial charge in [-0.15, -0.1) is 0 Å². The number of likely N-dealkylation sites (N-methyl/N-ethyl adjacent to an activating group) is 1. The summed E-state index contributed by atoms with van der Waals surface area (Å²) in [5.41, 5.74) is 0.458. The average molecular weight is 413 g/mol. The van der Waals surface area contributed by atoms with Gasteiger partial charge in [0.25, 0.3) is 5.56 Å². The number of hydrogen-bond acceptors (Lipinski definition) is 6. The Balaban J connectivity index is 1.41. The van der Waals surface area contributed by atoms with Gasteiger partial charge in [-0.2, -0.15) is 9.78 Å². The molecule has 0 bridgehead atoms. The van der Waals surface area contributed by atoms with Crippen LogP contribution < -0.4 is 20.5 Å². The fourth-order valence-corrected chi connectivity index (χ4v) is 3.90. The Morgan fingerprint density at radius 2 is 1.90 bits per heavy atom. The molecule has 0 amide bonds. The minimum atomic E-state index is -0.185. The van der Waals surface area contributed by atoms with Crippen molar-refractivity contribution >= 4 is 16.6 Å². The molecule has 1 aliphatic rings. The van der Waals surface area contributed by atoms with Crippen LogP contribution in [0.1, 0.15) is 6.42 Å². The molecular formula is C24H23N5O2. The van der Waals surface area contributed by atoms with Gasteiger partial charge >= 0.3 is 0 Å². The van der Waals surface area contributed by atoms with E-state index in [1.165, 1.54) is 4.68 Å². The lowest BCUT2D eigenvalue weighted by Crippen LogP contribution is -2.29. The highest BCUT2D eigenvalue weighted by molar-refractivity contribution is 5.82. The van der Waals surface area contributed by atoms with E-state index in [2.05, 4.69) is 20.3 Å². The summed E-state index contributed by atoms with van der Waals surface area (Å²) >= 11 is 0. The number of benzene rings is 2. The molecule has 0 unspecified atom stereocenters. The summed E-state index contributed by atoms with van der Waals surface area (Å²) in [6, 6.07) is 19.3. The van der Waals surface area contributed by atoms with Crippen LogP contribution in [0.5, 0.6) is 11.5 Å². The van der Waals surface area contributed by atoms with Gasteiger partial charge in [-0.3, -0.25) is 4.79 Å². The molecule has 1 fully saturated rings. The third kappa shape index (κ3) is 3.87. The minimum absolute atomic E-state index is 0.185. The summed E-state index contributed by atoms with van der Waals surface area (Å²) in [6.07, 6.45) is 4.48. The molecule has 0 aliphatic carbocycles. The van der Waals surface area contributed by atoms with Gasteiger partial charge in [0, 0.05) is 24.5 Å². The van der Waals surface area contributed by atoms with E-state index in [-0.39, 0.29) is 5.56 Å². The monoisotopic (exact) mass is 413 g/mol. The van der Waals surface area contributed by atoms with Crippen molar-refractivity contribution in [1.29, 1.82) is 0 Å². The van der Waals surface area contributed by atoms with Gasteiger partial charge in [-0.25, -0.2) is 4.98 Å². The highest BCUT2D eigenvalue weighted by Crippen LogP contribution is 2.24. The van der Waals surface area contributed by atoms with Gasteiger partial charge in [0.15, 0.2) is 0 Å². The van der Waals surface area contributed by atoms with Crippen LogP contribution in [-0.2, 0) is 0 Å². The fourth-order valence-electron chi connectivity index (χ4n) is 3.90. The zero-order chi connectivity index (χ0) is 21.2. The highest BCUT2D eigenvalue weighted by Gasteiger charge is 2.22. The average Bonchev–Trinajstić information content (AvgIpc) is 3.30. The standard InChI is InChI=1S/C24H23N5O2/c1-25-18-11-12-28(16-18)23-10-7-19(15-26-23)29-24(30)22-9-8-21(13-17(22)14-27-29)31-20-5-3-2-4-6-20/h2-10,13-15,18,25H,11-12,16H2,1H3/t18-/m1/s1. The molecular weight excluding hydrogens is 390 g/mol. The number of para-hydroxylation sites is 1. The molecule has 5 rings (SSSR count). The van der Waals surface area contributed by atoms with E-state index in [4.69, 9.17) is 4.74 Å². The molecule has 1 N–H and O–H groups in total. The molecule has 0 radical (unpaired) electrons. The normalized spacial score (nSPS) is 16.0. The fraction of sp³-hybridized carbons (Fsp3) is 0.208. The molecule has 1 aliphatic heterocycles. The van der Waals surface area contributed by atoms with Crippen molar-refractivity contribution in [1.82, 2.24) is 20.1 Å². The van der Waals surface area contributed by atoms with E-state index in [9.17, 15) is 4.79 Å². The largest absolute Gasteiger partial charge is 0.457 e. The van der Waals surface area contributed by atoms with E-state index < -0.39 is 0 Å². The van der Waals surface area contributed by atoms with E-state index in [1.807, 2.05) is 55.6 Å². The summed E-state index contributed by atoms with van der Waals surface area (Å²) in [6.45, 7) is 1.91. The first kappa shape index (κ1) is 19.3. The van der Waals surface area contributed by atoms with Gasteiger partial charge in [0.1, 0.15) is 17.3 Å². The molecule has 1 saturated heterocycles. The van der Waals surface area contributed by atoms with Crippen molar-refractivity contribution in [2.75, 3.05) is 25.0 Å². The second kappa shape index (κ2) is 8.20. The van der Waals surface area contributed by atoms with Gasteiger partial charge in [0.2, 0.25) is 0 Å². The van der Waals surface area contributed by atoms with Crippen molar-refractivity contribution in [2.24, 2.45) is 0 Å². The molecule has 2 aromatic carbocycles. The predicted molar refractivity (Wildman–Crippen MR) is 121 cm³/mol. The third-order valence-electron chi connectivity index (χ3n) is 5.63. The molecule has 156 valence electrons. The van der Waals surface area contributed by atoms with Crippen LogP contribution in [0, 0.1) is 0 Å². The van der Waals surface area contributed by atoms with Crippen LogP contribution in [0.2, 0.25) is 0 Å². The predicted octanol–water partition coefficient (Wildman–Crippen LogP) is 3.37. The second-order valence-electron chi connectivity index (χ2n) is 7.62. The molecule has 1 atom stereocenters. The number of fused-ring (bicyclic) bond motifs is 1. The lowest BCUT2D eigenvalue weighted by molar-refractivity contribution is 0.483. The summed E-state index contributed by atoms with van der Waals surface area (Å²) in [4.78, 5) is 19.8. The Morgan fingerprint density at radius 3 is 2.65 bits per heavy atom. The maximum absolute atomic E-state index is 13.0. The zero-order valence-corrected chi connectivity index (χ0v) is 17.2. The Hall–Kier alpha value is -3.71. The number of anilines is 1. The van der Waals surface area contributed by atoms with E-state index in [0.29, 0.717) is 22.9 Å². The van der Waals surface area contributed by atoms with Crippen molar-refractivity contribution in [2.45, 2.75) is 12.5 Å². The summed E-state index contributed by atoms with van der Waals surface area (Å²) < 4.78 is 7.25. The topological polar surface area (TPSA) is 72.3 Å². The minimum Gasteiger partial charge on any atom is -0.457 e. The molecule has 7 heteroatoms. The van der Waals surface area contributed by atoms with E-state index in [1.54, 1.807) is 24.5 Å². The number of nitrogens with one attached hydrogen (secondary N) is 1. The SMILES string of the molecule is CN[C@@H]1CCN(c2ccc(-n3ncc4cc(Oc5ccccc5)ccc4c3=O)cn2)C1. The summed E-state index contributed by atoms with van der Waals surface area (Å²) in [7, 11) is 1.99. The van der Waals surface area contributed by atoms with E-state index >= 15 is 0 Å². The number of aromatic nitrogens is 3. The first-order valence-electron chi connectivity index (χ1n) is 10.3. The van der Waals surface area contributed by atoms with Crippen LogP contribution in [0.25, 0.3) is 16.5 Å². The smallest absolute Gasteiger partial charge is 0.279 e. The van der Waals surface area contributed by atoms with Crippen LogP contribution in [0.15, 0.2) is 77.9 Å². The number of pyridine rings is 1. The number of hydrogen-bond donors (Lipinski definition) is 1. The maximum Gasteiger partial charge on any atom is 0.279 e. The third-order valence-corrected chi connectivity index (χ3v) is 5.63. The first-order valence-corrected chi connectivity index (χ1v) is 10.3. The molecule has 3 heterocycles. The van der Waals surface area contributed by atoms with Crippen LogP contribution in [0.4, 0.5) is 5.82 Å². The maximum atomic E-state index is 13.0. The van der Waals surface area contributed by atoms with Crippen LogP contribution in [-0.4, -0.2) is 40.9 Å². The van der Waals surface area contributed by atoms with E-state index in [0.717, 1.165) is 36.5 Å². The Bertz CT molecular complexity index is 1250.